The van der Waals surface area contributed by atoms with Gasteiger partial charge >= 0.3 is 5.97 Å². The molecule has 100 valence electrons. The monoisotopic (exact) mass is 325 g/mol. The molecule has 0 spiro atoms. The molecule has 0 aromatic heterocycles. The number of aliphatic carboxylic acids is 1. The minimum Gasteiger partial charge on any atom is -0.493 e. The van der Waals surface area contributed by atoms with E-state index in [9.17, 15) is 4.79 Å². The van der Waals surface area contributed by atoms with Gasteiger partial charge in [0.2, 0.25) is 0 Å². The zero-order valence-electron chi connectivity index (χ0n) is 10.4. The SMILES string of the molecule is CCOc1c(C=C(C#N)C(=O)O)cc(Br)cc1OC. The summed E-state index contributed by atoms with van der Waals surface area (Å²) in [6.45, 7) is 2.20. The van der Waals surface area contributed by atoms with Crippen LogP contribution in [0, 0.1) is 11.3 Å². The molecule has 1 aromatic rings. The maximum atomic E-state index is 10.9. The predicted molar refractivity (Wildman–Crippen MR) is 73.1 cm³/mol. The van der Waals surface area contributed by atoms with Crippen LogP contribution in [0.15, 0.2) is 22.2 Å². The summed E-state index contributed by atoms with van der Waals surface area (Å²) >= 11 is 3.29. The van der Waals surface area contributed by atoms with Crippen molar-refractivity contribution in [3.05, 3.63) is 27.7 Å². The second-order valence-electron chi connectivity index (χ2n) is 3.43. The Morgan fingerprint density at radius 3 is 2.74 bits per heavy atom. The summed E-state index contributed by atoms with van der Waals surface area (Å²) in [4.78, 5) is 10.9. The number of hydrogen-bond donors (Lipinski definition) is 1. The van der Waals surface area contributed by atoms with E-state index in [0.29, 0.717) is 28.1 Å². The Bertz CT molecular complexity index is 560. The molecule has 5 nitrogen and oxygen atoms in total. The molecule has 1 N–H and O–H groups in total. The van der Waals surface area contributed by atoms with Crippen LogP contribution in [0.25, 0.3) is 6.08 Å². The minimum atomic E-state index is -1.29. The fourth-order valence-electron chi connectivity index (χ4n) is 1.44. The van der Waals surface area contributed by atoms with Gasteiger partial charge in [0.05, 0.1) is 13.7 Å². The largest absolute Gasteiger partial charge is 0.493 e. The Kier molecular flexibility index (Phi) is 5.39. The van der Waals surface area contributed by atoms with Crippen LogP contribution in [0.5, 0.6) is 11.5 Å². The molecule has 0 atom stereocenters. The Morgan fingerprint density at radius 2 is 2.26 bits per heavy atom. The number of carboxylic acids is 1. The third-order valence-electron chi connectivity index (χ3n) is 2.21. The third-order valence-corrected chi connectivity index (χ3v) is 2.67. The predicted octanol–water partition coefficient (Wildman–Crippen LogP) is 2.85. The van der Waals surface area contributed by atoms with Crippen LogP contribution in [0.3, 0.4) is 0 Å². The van der Waals surface area contributed by atoms with Gasteiger partial charge in [-0.1, -0.05) is 15.9 Å². The summed E-state index contributed by atoms with van der Waals surface area (Å²) in [5, 5.41) is 17.7. The third kappa shape index (κ3) is 3.73. The van der Waals surface area contributed by atoms with Crippen molar-refractivity contribution in [1.29, 1.82) is 5.26 Å². The number of nitrogens with zero attached hydrogens (tertiary/aromatic N) is 1. The number of halogens is 1. The van der Waals surface area contributed by atoms with E-state index in [-0.39, 0.29) is 5.57 Å². The molecule has 0 aliphatic heterocycles. The molecule has 0 fully saturated rings. The van der Waals surface area contributed by atoms with Gasteiger partial charge in [-0.2, -0.15) is 5.26 Å². The van der Waals surface area contributed by atoms with Gasteiger partial charge in [-0.25, -0.2) is 4.79 Å². The lowest BCUT2D eigenvalue weighted by Crippen LogP contribution is -2.01. The second-order valence-corrected chi connectivity index (χ2v) is 4.35. The lowest BCUT2D eigenvalue weighted by molar-refractivity contribution is -0.132. The Hall–Kier alpha value is -2.00. The topological polar surface area (TPSA) is 79.5 Å². The lowest BCUT2D eigenvalue weighted by Gasteiger charge is -2.13. The van der Waals surface area contributed by atoms with Crippen LogP contribution >= 0.6 is 15.9 Å². The molecule has 0 aliphatic rings. The summed E-state index contributed by atoms with van der Waals surface area (Å²) < 4.78 is 11.3. The van der Waals surface area contributed by atoms with Crippen molar-refractivity contribution in [1.82, 2.24) is 0 Å². The van der Waals surface area contributed by atoms with Crippen LogP contribution in [-0.4, -0.2) is 24.8 Å². The lowest BCUT2D eigenvalue weighted by atomic mass is 10.1. The second kappa shape index (κ2) is 6.81. The highest BCUT2D eigenvalue weighted by Crippen LogP contribution is 2.36. The van der Waals surface area contributed by atoms with Crippen molar-refractivity contribution in [3.8, 4) is 17.6 Å². The van der Waals surface area contributed by atoms with Gasteiger partial charge < -0.3 is 14.6 Å². The highest BCUT2D eigenvalue weighted by molar-refractivity contribution is 9.10. The standard InChI is InChI=1S/C13H12BrNO4/c1-3-19-12-8(4-9(7-15)13(16)17)5-10(14)6-11(12)18-2/h4-6H,3H2,1-2H3,(H,16,17). The highest BCUT2D eigenvalue weighted by Gasteiger charge is 2.14. The zero-order chi connectivity index (χ0) is 14.4. The quantitative estimate of drug-likeness (QED) is 0.665. The first-order valence-electron chi connectivity index (χ1n) is 5.38. The maximum Gasteiger partial charge on any atom is 0.346 e. The van der Waals surface area contributed by atoms with Crippen molar-refractivity contribution < 1.29 is 19.4 Å². The molecule has 0 saturated carbocycles. The molecule has 19 heavy (non-hydrogen) atoms. The average Bonchev–Trinajstić information content (AvgIpc) is 2.37. The number of ether oxygens (including phenoxy) is 2. The summed E-state index contributed by atoms with van der Waals surface area (Å²) in [5.74, 6) is -0.420. The summed E-state index contributed by atoms with van der Waals surface area (Å²) in [6, 6.07) is 4.99. The molecule has 1 rings (SSSR count). The number of carbonyl (C=O) groups is 1. The van der Waals surface area contributed by atoms with Gasteiger partial charge in [0.15, 0.2) is 11.5 Å². The highest BCUT2D eigenvalue weighted by atomic mass is 79.9. The van der Waals surface area contributed by atoms with E-state index in [1.165, 1.54) is 13.2 Å². The normalized spacial score (nSPS) is 10.7. The summed E-state index contributed by atoms with van der Waals surface area (Å²) in [6.07, 6.45) is 1.25. The number of carboxylic acid groups (broad SMARTS) is 1. The molecule has 6 heteroatoms. The molecule has 0 radical (unpaired) electrons. The van der Waals surface area contributed by atoms with E-state index in [1.807, 2.05) is 0 Å². The van der Waals surface area contributed by atoms with E-state index >= 15 is 0 Å². The van der Waals surface area contributed by atoms with E-state index in [4.69, 9.17) is 19.8 Å². The van der Waals surface area contributed by atoms with Crippen molar-refractivity contribution in [2.24, 2.45) is 0 Å². The fourth-order valence-corrected chi connectivity index (χ4v) is 1.90. The molecule has 0 unspecified atom stereocenters. The number of nitriles is 1. The molecule has 0 heterocycles. The molecule has 1 aromatic carbocycles. The molecule has 0 amide bonds. The molecule has 0 aliphatic carbocycles. The van der Waals surface area contributed by atoms with E-state index in [0.717, 1.165) is 0 Å². The smallest absolute Gasteiger partial charge is 0.346 e. The Balaban J connectivity index is 3.44. The van der Waals surface area contributed by atoms with Gasteiger partial charge in [0.25, 0.3) is 0 Å². The molecular formula is C13H12BrNO4. The average molecular weight is 326 g/mol. The first-order valence-corrected chi connectivity index (χ1v) is 6.18. The molecule has 0 bridgehead atoms. The number of benzene rings is 1. The van der Waals surface area contributed by atoms with Crippen molar-refractivity contribution in [3.63, 3.8) is 0 Å². The van der Waals surface area contributed by atoms with Crippen LogP contribution in [0.2, 0.25) is 0 Å². The fraction of sp³-hybridized carbons (Fsp3) is 0.231. The van der Waals surface area contributed by atoms with Crippen LogP contribution in [-0.2, 0) is 4.79 Å². The first kappa shape index (κ1) is 15.1. The van der Waals surface area contributed by atoms with E-state index < -0.39 is 5.97 Å². The maximum absolute atomic E-state index is 10.9. The van der Waals surface area contributed by atoms with Crippen molar-refractivity contribution in [2.45, 2.75) is 6.92 Å². The first-order chi connectivity index (χ1) is 9.03. The van der Waals surface area contributed by atoms with E-state index in [1.54, 1.807) is 25.1 Å². The molecule has 0 saturated heterocycles. The number of methoxy groups -OCH3 is 1. The van der Waals surface area contributed by atoms with Crippen molar-refractivity contribution in [2.75, 3.05) is 13.7 Å². The van der Waals surface area contributed by atoms with Gasteiger partial charge in [-0.3, -0.25) is 0 Å². The summed E-state index contributed by atoms with van der Waals surface area (Å²) in [5.41, 5.74) is 0.0909. The Morgan fingerprint density at radius 1 is 1.58 bits per heavy atom. The van der Waals surface area contributed by atoms with Gasteiger partial charge in [0, 0.05) is 10.0 Å². The van der Waals surface area contributed by atoms with Gasteiger partial charge in [0.1, 0.15) is 11.6 Å². The van der Waals surface area contributed by atoms with Crippen LogP contribution in [0.1, 0.15) is 12.5 Å². The van der Waals surface area contributed by atoms with E-state index in [2.05, 4.69) is 15.9 Å². The van der Waals surface area contributed by atoms with Crippen LogP contribution in [0.4, 0.5) is 0 Å². The van der Waals surface area contributed by atoms with Crippen LogP contribution < -0.4 is 9.47 Å². The summed E-state index contributed by atoms with van der Waals surface area (Å²) in [7, 11) is 1.49. The van der Waals surface area contributed by atoms with Gasteiger partial charge in [-0.15, -0.1) is 0 Å². The number of hydrogen-bond acceptors (Lipinski definition) is 4. The molecular weight excluding hydrogens is 314 g/mol. The minimum absolute atomic E-state index is 0.374. The van der Waals surface area contributed by atoms with Crippen molar-refractivity contribution >= 4 is 28.0 Å². The number of rotatable bonds is 5. The zero-order valence-corrected chi connectivity index (χ0v) is 12.0. The Labute approximate surface area is 119 Å². The van der Waals surface area contributed by atoms with Gasteiger partial charge in [-0.05, 0) is 25.1 Å².